The van der Waals surface area contributed by atoms with E-state index in [1.54, 1.807) is 30.3 Å². The molecule has 3 aromatic carbocycles. The van der Waals surface area contributed by atoms with Crippen LogP contribution in [-0.4, -0.2) is 15.9 Å². The first-order valence-corrected chi connectivity index (χ1v) is 8.89. The molecule has 0 aliphatic heterocycles. The smallest absolute Gasteiger partial charge is 0.170 e. The molecule has 5 heteroatoms. The predicted octanol–water partition coefficient (Wildman–Crippen LogP) is 5.23. The highest BCUT2D eigenvalue weighted by molar-refractivity contribution is 7.21. The standard InChI is InChI=1S/C21H14FNO2S/c22-16-6-2-1-5-14(16)19(25)12-13-9-10-18(24)15(11-13)21-23-17-7-3-4-8-20(17)26-21/h1-11,24H,12H2. The number of aromatic nitrogens is 1. The number of nitrogens with zero attached hydrogens (tertiary/aromatic N) is 1. The second-order valence-electron chi connectivity index (χ2n) is 5.92. The zero-order valence-corrected chi connectivity index (χ0v) is 14.5. The van der Waals surface area contributed by atoms with E-state index in [0.29, 0.717) is 16.1 Å². The quantitative estimate of drug-likeness (QED) is 0.505. The van der Waals surface area contributed by atoms with E-state index in [9.17, 15) is 14.3 Å². The number of ketones is 1. The highest BCUT2D eigenvalue weighted by Crippen LogP contribution is 2.35. The van der Waals surface area contributed by atoms with E-state index in [1.807, 2.05) is 24.3 Å². The van der Waals surface area contributed by atoms with Crippen LogP contribution in [0.4, 0.5) is 4.39 Å². The van der Waals surface area contributed by atoms with Gasteiger partial charge in [-0.3, -0.25) is 4.79 Å². The molecule has 0 fully saturated rings. The molecule has 0 saturated heterocycles. The van der Waals surface area contributed by atoms with Gasteiger partial charge in [0.25, 0.3) is 0 Å². The fourth-order valence-corrected chi connectivity index (χ4v) is 3.81. The zero-order valence-electron chi connectivity index (χ0n) is 13.6. The lowest BCUT2D eigenvalue weighted by Crippen LogP contribution is -2.06. The molecule has 0 atom stereocenters. The van der Waals surface area contributed by atoms with Crippen LogP contribution < -0.4 is 0 Å². The molecule has 128 valence electrons. The molecule has 0 aliphatic rings. The Morgan fingerprint density at radius 3 is 2.62 bits per heavy atom. The number of carbonyl (C=O) groups excluding carboxylic acids is 1. The number of para-hydroxylation sites is 1. The Kier molecular flexibility index (Phi) is 4.22. The number of fused-ring (bicyclic) bond motifs is 1. The van der Waals surface area contributed by atoms with Gasteiger partial charge < -0.3 is 5.11 Å². The summed E-state index contributed by atoms with van der Waals surface area (Å²) in [6.07, 6.45) is 0.0547. The number of phenols is 1. The van der Waals surface area contributed by atoms with Crippen LogP contribution >= 0.6 is 11.3 Å². The molecule has 0 radical (unpaired) electrons. The van der Waals surface area contributed by atoms with Crippen molar-refractivity contribution in [3.63, 3.8) is 0 Å². The van der Waals surface area contributed by atoms with E-state index in [-0.39, 0.29) is 23.5 Å². The maximum Gasteiger partial charge on any atom is 0.170 e. The second kappa shape index (κ2) is 6.69. The van der Waals surface area contributed by atoms with Crippen LogP contribution in [0.1, 0.15) is 15.9 Å². The third-order valence-corrected chi connectivity index (χ3v) is 5.19. The van der Waals surface area contributed by atoms with Crippen LogP contribution in [0.5, 0.6) is 5.75 Å². The first-order chi connectivity index (χ1) is 12.6. The molecule has 0 amide bonds. The minimum Gasteiger partial charge on any atom is -0.507 e. The van der Waals surface area contributed by atoms with Crippen LogP contribution in [0.25, 0.3) is 20.8 Å². The van der Waals surface area contributed by atoms with Gasteiger partial charge in [-0.1, -0.05) is 30.3 Å². The fraction of sp³-hybridized carbons (Fsp3) is 0.0476. The van der Waals surface area contributed by atoms with Crippen molar-refractivity contribution in [2.45, 2.75) is 6.42 Å². The van der Waals surface area contributed by atoms with Crippen LogP contribution in [0.15, 0.2) is 66.7 Å². The van der Waals surface area contributed by atoms with Gasteiger partial charge in [0.2, 0.25) is 0 Å². The lowest BCUT2D eigenvalue weighted by molar-refractivity contribution is 0.0989. The summed E-state index contributed by atoms with van der Waals surface area (Å²) < 4.78 is 14.8. The summed E-state index contributed by atoms with van der Waals surface area (Å²) >= 11 is 1.47. The summed E-state index contributed by atoms with van der Waals surface area (Å²) in [5, 5.41) is 10.9. The summed E-state index contributed by atoms with van der Waals surface area (Å²) in [7, 11) is 0. The molecule has 1 heterocycles. The first-order valence-electron chi connectivity index (χ1n) is 8.07. The van der Waals surface area contributed by atoms with Gasteiger partial charge in [0.05, 0.1) is 21.3 Å². The van der Waals surface area contributed by atoms with Crippen molar-refractivity contribution in [1.29, 1.82) is 0 Å². The fourth-order valence-electron chi connectivity index (χ4n) is 2.82. The van der Waals surface area contributed by atoms with Gasteiger partial charge in [0, 0.05) is 6.42 Å². The van der Waals surface area contributed by atoms with E-state index in [0.717, 1.165) is 10.2 Å². The van der Waals surface area contributed by atoms with E-state index < -0.39 is 5.82 Å². The first kappa shape index (κ1) is 16.4. The Labute approximate surface area is 153 Å². The van der Waals surface area contributed by atoms with Crippen LogP contribution in [0, 0.1) is 5.82 Å². The summed E-state index contributed by atoms with van der Waals surface area (Å²) in [6.45, 7) is 0. The number of Topliss-reactive ketones (excluding diaryl/α,β-unsaturated/α-hetero) is 1. The molecular weight excluding hydrogens is 349 g/mol. The van der Waals surface area contributed by atoms with Crippen molar-refractivity contribution in [1.82, 2.24) is 4.98 Å². The zero-order chi connectivity index (χ0) is 18.1. The summed E-state index contributed by atoms with van der Waals surface area (Å²) in [5.74, 6) is -0.724. The van der Waals surface area contributed by atoms with Gasteiger partial charge in [0.15, 0.2) is 5.78 Å². The summed E-state index contributed by atoms with van der Waals surface area (Å²) in [4.78, 5) is 16.9. The number of phenolic OH excluding ortho intramolecular Hbond substituents is 1. The lowest BCUT2D eigenvalue weighted by atomic mass is 10.0. The highest BCUT2D eigenvalue weighted by atomic mass is 32.1. The molecule has 4 rings (SSSR count). The number of rotatable bonds is 4. The second-order valence-corrected chi connectivity index (χ2v) is 6.95. The van der Waals surface area contributed by atoms with Gasteiger partial charge >= 0.3 is 0 Å². The summed E-state index contributed by atoms with van der Waals surface area (Å²) in [6, 6.07) is 18.6. The third kappa shape index (κ3) is 3.09. The number of carbonyl (C=O) groups is 1. The van der Waals surface area contributed by atoms with Gasteiger partial charge in [-0.25, -0.2) is 9.37 Å². The minimum absolute atomic E-state index is 0.0547. The van der Waals surface area contributed by atoms with Crippen molar-refractivity contribution in [2.24, 2.45) is 0 Å². The molecule has 0 aliphatic carbocycles. The van der Waals surface area contributed by atoms with Crippen LogP contribution in [-0.2, 0) is 6.42 Å². The Hall–Kier alpha value is -3.05. The topological polar surface area (TPSA) is 50.2 Å². The molecule has 0 unspecified atom stereocenters. The number of hydrogen-bond acceptors (Lipinski definition) is 4. The number of aromatic hydroxyl groups is 1. The predicted molar refractivity (Wildman–Crippen MR) is 101 cm³/mol. The monoisotopic (exact) mass is 363 g/mol. The van der Waals surface area contributed by atoms with Crippen LogP contribution in [0.3, 0.4) is 0 Å². The minimum atomic E-state index is -0.525. The lowest BCUT2D eigenvalue weighted by Gasteiger charge is -2.06. The molecule has 1 aromatic heterocycles. The van der Waals surface area contributed by atoms with Crippen molar-refractivity contribution in [3.8, 4) is 16.3 Å². The molecule has 1 N–H and O–H groups in total. The normalized spacial score (nSPS) is 11.0. The molecule has 0 saturated carbocycles. The maximum absolute atomic E-state index is 13.8. The number of benzene rings is 3. The van der Waals surface area contributed by atoms with Crippen molar-refractivity contribution in [3.05, 3.63) is 83.7 Å². The van der Waals surface area contributed by atoms with Crippen molar-refractivity contribution < 1.29 is 14.3 Å². The number of thiazole rings is 1. The Balaban J connectivity index is 1.68. The molecule has 4 aromatic rings. The van der Waals surface area contributed by atoms with E-state index in [2.05, 4.69) is 4.98 Å². The molecular formula is C21H14FNO2S. The van der Waals surface area contributed by atoms with Crippen molar-refractivity contribution in [2.75, 3.05) is 0 Å². The SMILES string of the molecule is O=C(Cc1ccc(O)c(-c2nc3ccccc3s2)c1)c1ccccc1F. The molecule has 0 spiro atoms. The van der Waals surface area contributed by atoms with E-state index in [4.69, 9.17) is 0 Å². The van der Waals surface area contributed by atoms with Gasteiger partial charge in [0.1, 0.15) is 16.6 Å². The van der Waals surface area contributed by atoms with Gasteiger partial charge in [-0.15, -0.1) is 11.3 Å². The average Bonchev–Trinajstić information content (AvgIpc) is 3.07. The molecule has 0 bridgehead atoms. The van der Waals surface area contributed by atoms with Gasteiger partial charge in [-0.05, 0) is 42.0 Å². The Morgan fingerprint density at radius 2 is 1.81 bits per heavy atom. The third-order valence-electron chi connectivity index (χ3n) is 4.12. The highest BCUT2D eigenvalue weighted by Gasteiger charge is 2.15. The van der Waals surface area contributed by atoms with E-state index >= 15 is 0 Å². The van der Waals surface area contributed by atoms with Crippen molar-refractivity contribution >= 4 is 27.3 Å². The van der Waals surface area contributed by atoms with E-state index in [1.165, 1.54) is 23.5 Å². The Morgan fingerprint density at radius 1 is 1.04 bits per heavy atom. The summed E-state index contributed by atoms with van der Waals surface area (Å²) in [5.41, 5.74) is 2.21. The number of hydrogen-bond donors (Lipinski definition) is 1. The largest absolute Gasteiger partial charge is 0.507 e. The average molecular weight is 363 g/mol. The molecule has 3 nitrogen and oxygen atoms in total. The van der Waals surface area contributed by atoms with Gasteiger partial charge in [-0.2, -0.15) is 0 Å². The Bertz CT molecular complexity index is 1090. The van der Waals surface area contributed by atoms with Crippen LogP contribution in [0.2, 0.25) is 0 Å². The molecule has 26 heavy (non-hydrogen) atoms. The maximum atomic E-state index is 13.8. The number of halogens is 1.